The number of hydrogen-bond acceptors (Lipinski definition) is 5. The minimum atomic E-state index is -1.23. The molecular weight excluding hydrogens is 399 g/mol. The van der Waals surface area contributed by atoms with Crippen molar-refractivity contribution < 1.29 is 14.0 Å². The number of nitrogens with zero attached hydrogens (tertiary/aromatic N) is 4. The van der Waals surface area contributed by atoms with Gasteiger partial charge in [0.15, 0.2) is 0 Å². The summed E-state index contributed by atoms with van der Waals surface area (Å²) >= 11 is 0. The Morgan fingerprint density at radius 3 is 2.84 bits per heavy atom. The third-order valence-corrected chi connectivity index (χ3v) is 6.32. The van der Waals surface area contributed by atoms with Crippen LogP contribution in [-0.2, 0) is 16.1 Å². The van der Waals surface area contributed by atoms with Crippen molar-refractivity contribution in [2.45, 2.75) is 64.3 Å². The number of nitrogens with one attached hydrogen (secondary N) is 1. The van der Waals surface area contributed by atoms with Crippen LogP contribution in [0.2, 0.25) is 0 Å². The minimum absolute atomic E-state index is 0.00862. The van der Waals surface area contributed by atoms with Crippen LogP contribution in [0.1, 0.15) is 43.7 Å². The Morgan fingerprint density at radius 1 is 1.39 bits per heavy atom. The Morgan fingerprint density at radius 2 is 2.16 bits per heavy atom. The summed E-state index contributed by atoms with van der Waals surface area (Å²) in [6.07, 6.45) is 4.46. The van der Waals surface area contributed by atoms with E-state index in [-0.39, 0.29) is 36.7 Å². The van der Waals surface area contributed by atoms with Crippen molar-refractivity contribution in [3.8, 4) is 5.69 Å². The summed E-state index contributed by atoms with van der Waals surface area (Å²) in [5.41, 5.74) is 8.91. The first kappa shape index (κ1) is 21.4. The highest BCUT2D eigenvalue weighted by Gasteiger charge is 2.44. The number of carbonyl (C=O) groups excluding carboxylic acids is 2. The van der Waals surface area contributed by atoms with E-state index in [0.29, 0.717) is 6.42 Å². The molecule has 0 spiro atoms. The van der Waals surface area contributed by atoms with Gasteiger partial charge >= 0.3 is 0 Å². The number of rotatable bonds is 7. The molecule has 0 radical (unpaired) electrons. The summed E-state index contributed by atoms with van der Waals surface area (Å²) in [6, 6.07) is 4.27. The first-order chi connectivity index (χ1) is 14.8. The summed E-state index contributed by atoms with van der Waals surface area (Å²) in [5.74, 6) is -0.711. The topological polar surface area (TPSA) is 106 Å². The molecule has 1 aliphatic heterocycles. The number of halogens is 1. The Kier molecular flexibility index (Phi) is 5.79. The standard InChI is InChI=1S/C22H29FN6O2/c1-14-3-4-18(29-13-25-12-27-29)15(7-14)10-26-20(30)19-8-16(23)11-28(19)21(31)17(24)9-22(2)5-6-22/h3-4,7,12-13,16-17,19H,5-6,8-11,24H2,1-2H3,(H,26,30)/t16-,17-,19?/m1/s1. The van der Waals surface area contributed by atoms with E-state index in [1.165, 1.54) is 11.2 Å². The van der Waals surface area contributed by atoms with Gasteiger partial charge in [0.25, 0.3) is 0 Å². The second kappa shape index (κ2) is 8.37. The van der Waals surface area contributed by atoms with Gasteiger partial charge in [-0.05, 0) is 43.2 Å². The number of likely N-dealkylation sites (tertiary alicyclic amines) is 1. The quantitative estimate of drug-likeness (QED) is 0.698. The molecule has 0 bridgehead atoms. The zero-order valence-electron chi connectivity index (χ0n) is 17.9. The molecule has 1 unspecified atom stereocenters. The first-order valence-corrected chi connectivity index (χ1v) is 10.7. The summed E-state index contributed by atoms with van der Waals surface area (Å²) in [4.78, 5) is 31.1. The van der Waals surface area contributed by atoms with E-state index in [1.54, 1.807) is 11.0 Å². The van der Waals surface area contributed by atoms with Crippen molar-refractivity contribution in [1.29, 1.82) is 0 Å². The number of aryl methyl sites for hydroxylation is 1. The van der Waals surface area contributed by atoms with Crippen LogP contribution < -0.4 is 11.1 Å². The molecule has 1 aromatic carbocycles. The maximum absolute atomic E-state index is 14.2. The lowest BCUT2D eigenvalue weighted by Crippen LogP contribution is -2.51. The normalized spacial score (nSPS) is 22.9. The van der Waals surface area contributed by atoms with Crippen LogP contribution in [0.25, 0.3) is 5.69 Å². The summed E-state index contributed by atoms with van der Waals surface area (Å²) in [6.45, 7) is 4.20. The Bertz CT molecular complexity index is 959. The molecular formula is C22H29FN6O2. The Labute approximate surface area is 181 Å². The van der Waals surface area contributed by atoms with E-state index in [9.17, 15) is 14.0 Å². The molecule has 2 fully saturated rings. The maximum atomic E-state index is 14.2. The number of carbonyl (C=O) groups is 2. The molecule has 31 heavy (non-hydrogen) atoms. The van der Waals surface area contributed by atoms with Crippen LogP contribution in [0.5, 0.6) is 0 Å². The van der Waals surface area contributed by atoms with Crippen LogP contribution in [0.4, 0.5) is 4.39 Å². The number of benzene rings is 1. The van der Waals surface area contributed by atoms with Gasteiger partial charge < -0.3 is 16.0 Å². The number of hydrogen-bond donors (Lipinski definition) is 2. The highest BCUT2D eigenvalue weighted by molar-refractivity contribution is 5.90. The summed E-state index contributed by atoms with van der Waals surface area (Å²) in [5, 5.41) is 7.03. The third-order valence-electron chi connectivity index (χ3n) is 6.32. The second-order valence-corrected chi connectivity index (χ2v) is 9.15. The lowest BCUT2D eigenvalue weighted by molar-refractivity contribution is -0.139. The molecule has 8 nitrogen and oxygen atoms in total. The van der Waals surface area contributed by atoms with Crippen molar-refractivity contribution in [2.75, 3.05) is 6.54 Å². The average molecular weight is 429 g/mol. The molecule has 1 saturated carbocycles. The monoisotopic (exact) mass is 428 g/mol. The van der Waals surface area contributed by atoms with Gasteiger partial charge in [-0.15, -0.1) is 0 Å². The molecule has 1 aromatic heterocycles. The number of alkyl halides is 1. The SMILES string of the molecule is Cc1ccc(-n2cncn2)c(CNC(=O)C2C[C@@H](F)CN2C(=O)[C@H](N)CC2(C)CC2)c1. The molecule has 2 amide bonds. The first-order valence-electron chi connectivity index (χ1n) is 10.7. The predicted octanol–water partition coefficient (Wildman–Crippen LogP) is 1.65. The molecule has 1 aliphatic carbocycles. The van der Waals surface area contributed by atoms with Gasteiger partial charge in [-0.1, -0.05) is 24.6 Å². The highest BCUT2D eigenvalue weighted by atomic mass is 19.1. The fourth-order valence-electron chi connectivity index (χ4n) is 4.24. The lowest BCUT2D eigenvalue weighted by atomic mass is 9.98. The Balaban J connectivity index is 1.44. The molecule has 3 N–H and O–H groups in total. The van der Waals surface area contributed by atoms with Crippen molar-refractivity contribution in [3.63, 3.8) is 0 Å². The van der Waals surface area contributed by atoms with Gasteiger partial charge in [-0.25, -0.2) is 14.1 Å². The van der Waals surface area contributed by atoms with Gasteiger partial charge in [0.05, 0.1) is 18.3 Å². The molecule has 2 aromatic rings. The van der Waals surface area contributed by atoms with Crippen molar-refractivity contribution >= 4 is 11.8 Å². The molecule has 9 heteroatoms. The summed E-state index contributed by atoms with van der Waals surface area (Å²) in [7, 11) is 0. The minimum Gasteiger partial charge on any atom is -0.350 e. The van der Waals surface area contributed by atoms with Crippen LogP contribution in [0.3, 0.4) is 0 Å². The maximum Gasteiger partial charge on any atom is 0.243 e. The molecule has 2 heterocycles. The zero-order valence-corrected chi connectivity index (χ0v) is 17.9. The zero-order chi connectivity index (χ0) is 22.2. The largest absolute Gasteiger partial charge is 0.350 e. The van der Waals surface area contributed by atoms with E-state index < -0.39 is 18.3 Å². The van der Waals surface area contributed by atoms with E-state index in [4.69, 9.17) is 5.73 Å². The molecule has 4 rings (SSSR count). The highest BCUT2D eigenvalue weighted by Crippen LogP contribution is 2.48. The van der Waals surface area contributed by atoms with Gasteiger partial charge in [0.2, 0.25) is 11.8 Å². The average Bonchev–Trinajstić information content (AvgIpc) is 3.12. The Hall–Kier alpha value is -2.81. The van der Waals surface area contributed by atoms with E-state index in [0.717, 1.165) is 29.7 Å². The lowest BCUT2D eigenvalue weighted by Gasteiger charge is -2.27. The third kappa shape index (κ3) is 4.76. The fraction of sp³-hybridized carbons (Fsp3) is 0.545. The molecule has 1 saturated heterocycles. The number of aromatic nitrogens is 3. The number of nitrogens with two attached hydrogens (primary N) is 1. The molecule has 166 valence electrons. The smallest absolute Gasteiger partial charge is 0.243 e. The van der Waals surface area contributed by atoms with Gasteiger partial charge in [0.1, 0.15) is 24.9 Å². The van der Waals surface area contributed by atoms with Crippen molar-refractivity contribution in [2.24, 2.45) is 11.1 Å². The fourth-order valence-corrected chi connectivity index (χ4v) is 4.24. The van der Waals surface area contributed by atoms with Crippen LogP contribution >= 0.6 is 0 Å². The van der Waals surface area contributed by atoms with Gasteiger partial charge in [-0.2, -0.15) is 5.10 Å². The van der Waals surface area contributed by atoms with Gasteiger partial charge in [0, 0.05) is 13.0 Å². The predicted molar refractivity (Wildman–Crippen MR) is 113 cm³/mol. The second-order valence-electron chi connectivity index (χ2n) is 9.15. The molecule has 2 aliphatic rings. The summed E-state index contributed by atoms with van der Waals surface area (Å²) < 4.78 is 15.8. The van der Waals surface area contributed by atoms with Crippen molar-refractivity contribution in [1.82, 2.24) is 25.0 Å². The van der Waals surface area contributed by atoms with Crippen LogP contribution in [-0.4, -0.2) is 56.3 Å². The van der Waals surface area contributed by atoms with Crippen LogP contribution in [0.15, 0.2) is 30.9 Å². The van der Waals surface area contributed by atoms with E-state index in [2.05, 4.69) is 22.3 Å². The van der Waals surface area contributed by atoms with Gasteiger partial charge in [-0.3, -0.25) is 9.59 Å². The number of amides is 2. The van der Waals surface area contributed by atoms with Crippen LogP contribution in [0, 0.1) is 12.3 Å². The van der Waals surface area contributed by atoms with E-state index >= 15 is 0 Å². The molecule has 3 atom stereocenters. The van der Waals surface area contributed by atoms with Crippen molar-refractivity contribution in [3.05, 3.63) is 42.0 Å². The van der Waals surface area contributed by atoms with E-state index in [1.807, 2.05) is 25.1 Å².